The van der Waals surface area contributed by atoms with Crippen LogP contribution in [0.5, 0.6) is 0 Å². The topological polar surface area (TPSA) is 90.6 Å². The van der Waals surface area contributed by atoms with Gasteiger partial charge >= 0.3 is 12.1 Å². The fraction of sp³-hybridized carbons (Fsp3) is 0.444. The zero-order chi connectivity index (χ0) is 24.9. The molecule has 2 N–H and O–H groups in total. The number of anilines is 1. The molecule has 1 fully saturated rings. The van der Waals surface area contributed by atoms with E-state index in [1.54, 1.807) is 0 Å². The van der Waals surface area contributed by atoms with E-state index in [0.717, 1.165) is 66.6 Å². The maximum absolute atomic E-state index is 13.3. The zero-order valence-corrected chi connectivity index (χ0v) is 21.1. The Hall–Kier alpha value is -3.55. The van der Waals surface area contributed by atoms with E-state index in [9.17, 15) is 9.59 Å². The average Bonchev–Trinajstić information content (AvgIpc) is 3.26. The Morgan fingerprint density at radius 2 is 1.89 bits per heavy atom. The number of nitrogens with one attached hydrogen (secondary N) is 2. The lowest BCUT2D eigenvalue weighted by atomic mass is 9.98. The van der Waals surface area contributed by atoms with E-state index in [-0.39, 0.29) is 6.03 Å². The number of hydrogen-bond donors (Lipinski definition) is 2. The van der Waals surface area contributed by atoms with Crippen molar-refractivity contribution in [2.75, 3.05) is 32.1 Å². The molecule has 1 aliphatic rings. The lowest BCUT2D eigenvalue weighted by molar-refractivity contribution is 0.132. The molecule has 0 atom stereocenters. The minimum atomic E-state index is -0.572. The quantitative estimate of drug-likeness (QED) is 0.471. The number of amides is 3. The van der Waals surface area contributed by atoms with Gasteiger partial charge in [-0.2, -0.15) is 0 Å². The van der Waals surface area contributed by atoms with Crippen LogP contribution in [0.2, 0.25) is 0 Å². The Morgan fingerprint density at radius 3 is 2.60 bits per heavy atom. The molecule has 1 aliphatic heterocycles. The number of rotatable bonds is 6. The molecular weight excluding hydrogens is 442 g/mol. The number of urea groups is 1. The standard InChI is InChI=1S/C27H35N5O3/c1-5-12-32(27(34)31-13-10-18(2)11-14-31)17-22-15-20(7-6-19(22)3)21-8-9-23-24(16-21)29-25(28-23)30-26(33)35-4/h6-9,15-16,18H,5,10-14,17H2,1-4H3,(H2,28,29,30,33). The van der Waals surface area contributed by atoms with Crippen molar-refractivity contribution in [2.24, 2.45) is 5.92 Å². The number of aromatic amines is 1. The second-order valence-corrected chi connectivity index (χ2v) is 9.45. The molecule has 0 unspecified atom stereocenters. The number of piperidine rings is 1. The second-order valence-electron chi connectivity index (χ2n) is 9.45. The minimum Gasteiger partial charge on any atom is -0.453 e. The predicted octanol–water partition coefficient (Wildman–Crippen LogP) is 5.78. The smallest absolute Gasteiger partial charge is 0.413 e. The number of methoxy groups -OCH3 is 1. The third-order valence-corrected chi connectivity index (χ3v) is 6.75. The van der Waals surface area contributed by atoms with Crippen molar-refractivity contribution in [1.82, 2.24) is 19.8 Å². The highest BCUT2D eigenvalue weighted by molar-refractivity contribution is 5.88. The fourth-order valence-corrected chi connectivity index (χ4v) is 4.54. The number of hydrogen-bond acceptors (Lipinski definition) is 4. The third-order valence-electron chi connectivity index (χ3n) is 6.75. The number of carbonyl (C=O) groups is 2. The van der Waals surface area contributed by atoms with Gasteiger partial charge in [0.25, 0.3) is 0 Å². The van der Waals surface area contributed by atoms with Gasteiger partial charge in [0.15, 0.2) is 0 Å². The Morgan fingerprint density at radius 1 is 1.17 bits per heavy atom. The van der Waals surface area contributed by atoms with E-state index in [4.69, 9.17) is 0 Å². The Bertz CT molecular complexity index is 1200. The average molecular weight is 478 g/mol. The molecule has 0 spiro atoms. The SMILES string of the molecule is CCCN(Cc1cc(-c2ccc3nc(NC(=O)OC)[nH]c3c2)ccc1C)C(=O)N1CCC(C)CC1. The molecule has 186 valence electrons. The molecule has 3 amide bonds. The number of imidazole rings is 1. The summed E-state index contributed by atoms with van der Waals surface area (Å²) in [5.74, 6) is 1.03. The van der Waals surface area contributed by atoms with Crippen LogP contribution in [0.1, 0.15) is 44.2 Å². The van der Waals surface area contributed by atoms with Gasteiger partial charge in [0.2, 0.25) is 5.95 Å². The minimum absolute atomic E-state index is 0.146. The third kappa shape index (κ3) is 5.75. The molecule has 1 saturated heterocycles. The van der Waals surface area contributed by atoms with Gasteiger partial charge in [-0.15, -0.1) is 0 Å². The monoisotopic (exact) mass is 477 g/mol. The van der Waals surface area contributed by atoms with Crippen LogP contribution in [0.25, 0.3) is 22.2 Å². The number of carbonyl (C=O) groups excluding carboxylic acids is 2. The molecule has 0 radical (unpaired) electrons. The van der Waals surface area contributed by atoms with Gasteiger partial charge < -0.3 is 19.5 Å². The summed E-state index contributed by atoms with van der Waals surface area (Å²) in [4.78, 5) is 36.3. The van der Waals surface area contributed by atoms with Crippen molar-refractivity contribution in [3.8, 4) is 11.1 Å². The van der Waals surface area contributed by atoms with Gasteiger partial charge in [-0.3, -0.25) is 5.32 Å². The zero-order valence-electron chi connectivity index (χ0n) is 21.1. The van der Waals surface area contributed by atoms with Gasteiger partial charge in [0.1, 0.15) is 0 Å². The molecule has 8 nitrogen and oxygen atoms in total. The molecule has 0 saturated carbocycles. The molecule has 1 aromatic heterocycles. The van der Waals surface area contributed by atoms with Crippen LogP contribution in [-0.2, 0) is 11.3 Å². The summed E-state index contributed by atoms with van der Waals surface area (Å²) >= 11 is 0. The van der Waals surface area contributed by atoms with Crippen LogP contribution in [-0.4, -0.2) is 58.6 Å². The lowest BCUT2D eigenvalue weighted by Crippen LogP contribution is -2.46. The van der Waals surface area contributed by atoms with E-state index < -0.39 is 6.09 Å². The van der Waals surface area contributed by atoms with E-state index in [1.165, 1.54) is 12.7 Å². The highest BCUT2D eigenvalue weighted by Crippen LogP contribution is 2.27. The van der Waals surface area contributed by atoms with Crippen molar-refractivity contribution in [3.63, 3.8) is 0 Å². The van der Waals surface area contributed by atoms with E-state index in [0.29, 0.717) is 18.4 Å². The highest BCUT2D eigenvalue weighted by Gasteiger charge is 2.25. The molecule has 3 aromatic rings. The summed E-state index contributed by atoms with van der Waals surface area (Å²) in [5.41, 5.74) is 5.99. The number of nitrogens with zero attached hydrogens (tertiary/aromatic N) is 3. The number of aromatic nitrogens is 2. The lowest BCUT2D eigenvalue weighted by Gasteiger charge is -2.35. The molecule has 0 aliphatic carbocycles. The van der Waals surface area contributed by atoms with Crippen LogP contribution in [0.3, 0.4) is 0 Å². The molecule has 8 heteroatoms. The summed E-state index contributed by atoms with van der Waals surface area (Å²) in [5, 5.41) is 2.56. The maximum Gasteiger partial charge on any atom is 0.413 e. The Kier molecular flexibility index (Phi) is 7.58. The van der Waals surface area contributed by atoms with E-state index in [1.807, 2.05) is 28.0 Å². The normalized spacial score (nSPS) is 14.2. The first-order valence-corrected chi connectivity index (χ1v) is 12.4. The highest BCUT2D eigenvalue weighted by atomic mass is 16.5. The summed E-state index contributed by atoms with van der Waals surface area (Å²) in [6, 6.07) is 12.5. The molecule has 4 rings (SSSR count). The molecule has 35 heavy (non-hydrogen) atoms. The van der Waals surface area contributed by atoms with Gasteiger partial charge in [-0.1, -0.05) is 32.0 Å². The molecular formula is C27H35N5O3. The van der Waals surface area contributed by atoms with Crippen molar-refractivity contribution < 1.29 is 14.3 Å². The van der Waals surface area contributed by atoms with Crippen molar-refractivity contribution >= 4 is 29.1 Å². The first-order valence-electron chi connectivity index (χ1n) is 12.4. The fourth-order valence-electron chi connectivity index (χ4n) is 4.54. The number of benzene rings is 2. The molecule has 2 aromatic carbocycles. The summed E-state index contributed by atoms with van der Waals surface area (Å²) in [6.07, 6.45) is 2.51. The van der Waals surface area contributed by atoms with E-state index in [2.05, 4.69) is 59.0 Å². The van der Waals surface area contributed by atoms with Gasteiger partial charge in [0, 0.05) is 26.2 Å². The second kappa shape index (κ2) is 10.8. The number of fused-ring (bicyclic) bond motifs is 1. The summed E-state index contributed by atoms with van der Waals surface area (Å²) < 4.78 is 4.64. The predicted molar refractivity (Wildman–Crippen MR) is 138 cm³/mol. The van der Waals surface area contributed by atoms with Crippen LogP contribution in [0.4, 0.5) is 15.5 Å². The van der Waals surface area contributed by atoms with Crippen LogP contribution < -0.4 is 5.32 Å². The van der Waals surface area contributed by atoms with Crippen molar-refractivity contribution in [2.45, 2.75) is 46.6 Å². The number of aryl methyl sites for hydroxylation is 1. The van der Waals surface area contributed by atoms with Crippen LogP contribution in [0.15, 0.2) is 36.4 Å². The Balaban J connectivity index is 1.56. The first-order chi connectivity index (χ1) is 16.9. The van der Waals surface area contributed by atoms with Gasteiger partial charge in [-0.05, 0) is 72.6 Å². The van der Waals surface area contributed by atoms with Crippen molar-refractivity contribution in [1.29, 1.82) is 0 Å². The van der Waals surface area contributed by atoms with Crippen LogP contribution >= 0.6 is 0 Å². The van der Waals surface area contributed by atoms with Gasteiger partial charge in [0.05, 0.1) is 18.1 Å². The van der Waals surface area contributed by atoms with Gasteiger partial charge in [-0.25, -0.2) is 14.6 Å². The summed E-state index contributed by atoms with van der Waals surface area (Å²) in [7, 11) is 1.31. The van der Waals surface area contributed by atoms with Crippen molar-refractivity contribution in [3.05, 3.63) is 47.5 Å². The summed E-state index contributed by atoms with van der Waals surface area (Å²) in [6.45, 7) is 9.50. The number of likely N-dealkylation sites (tertiary alicyclic amines) is 1. The molecule has 2 heterocycles. The maximum atomic E-state index is 13.3. The first kappa shape index (κ1) is 24.6. The van der Waals surface area contributed by atoms with Crippen LogP contribution in [0, 0.1) is 12.8 Å². The largest absolute Gasteiger partial charge is 0.453 e. The number of ether oxygens (including phenoxy) is 1. The number of H-pyrrole nitrogens is 1. The van der Waals surface area contributed by atoms with E-state index >= 15 is 0 Å². The molecule has 0 bridgehead atoms. The Labute approximate surface area is 206 Å².